The Morgan fingerprint density at radius 3 is 2.00 bits per heavy atom. The highest BCUT2D eigenvalue weighted by Crippen LogP contribution is 2.63. The van der Waals surface area contributed by atoms with E-state index in [1.54, 1.807) is 14.2 Å². The van der Waals surface area contributed by atoms with Gasteiger partial charge in [0.25, 0.3) is 0 Å². The van der Waals surface area contributed by atoms with Gasteiger partial charge >= 0.3 is 0 Å². The van der Waals surface area contributed by atoms with Crippen LogP contribution in [0, 0.1) is 17.8 Å². The van der Waals surface area contributed by atoms with Crippen molar-refractivity contribution in [3.05, 3.63) is 22.2 Å². The number of hydrogen-bond acceptors (Lipinski definition) is 3. The molecule has 0 N–H and O–H groups in total. The summed E-state index contributed by atoms with van der Waals surface area (Å²) in [5, 5.41) is 0.540. The molecule has 0 amide bonds. The summed E-state index contributed by atoms with van der Waals surface area (Å²) in [5.41, 5.74) is 1.60. The maximum Gasteiger partial charge on any atom is 0.155 e. The van der Waals surface area contributed by atoms with Crippen LogP contribution < -0.4 is 9.47 Å². The fourth-order valence-electron chi connectivity index (χ4n) is 5.97. The molecule has 124 valence electrons. The lowest BCUT2D eigenvalue weighted by Gasteiger charge is -2.57. The topological polar surface area (TPSA) is 35.5 Å². The van der Waals surface area contributed by atoms with Crippen LogP contribution in [0.4, 0.5) is 0 Å². The maximum absolute atomic E-state index is 11.6. The smallest absolute Gasteiger partial charge is 0.155 e. The summed E-state index contributed by atoms with van der Waals surface area (Å²) < 4.78 is 11.0. The lowest BCUT2D eigenvalue weighted by Crippen LogP contribution is -2.48. The molecule has 0 radical (unpaired) electrons. The van der Waals surface area contributed by atoms with E-state index in [0.29, 0.717) is 16.3 Å². The average Bonchev–Trinajstić information content (AvgIpc) is 2.52. The Hall–Kier alpha value is -1.22. The van der Waals surface area contributed by atoms with Gasteiger partial charge in [-0.1, -0.05) is 11.6 Å². The number of carbonyl (C=O) groups is 1. The van der Waals surface area contributed by atoms with Crippen molar-refractivity contribution in [1.29, 1.82) is 0 Å². The molecule has 3 nitrogen and oxygen atoms in total. The first-order chi connectivity index (χ1) is 11.1. The molecule has 0 heterocycles. The molecule has 4 heteroatoms. The van der Waals surface area contributed by atoms with Gasteiger partial charge in [0.2, 0.25) is 0 Å². The van der Waals surface area contributed by atoms with Crippen molar-refractivity contribution >= 4 is 17.9 Å². The predicted octanol–water partition coefficient (Wildman–Crippen LogP) is 4.64. The van der Waals surface area contributed by atoms with Gasteiger partial charge in [0.15, 0.2) is 6.29 Å². The molecule has 1 aromatic carbocycles. The lowest BCUT2D eigenvalue weighted by molar-refractivity contribution is -0.00613. The minimum Gasteiger partial charge on any atom is -0.496 e. The third-order valence-corrected chi connectivity index (χ3v) is 6.75. The van der Waals surface area contributed by atoms with Crippen LogP contribution in [0.15, 0.2) is 6.07 Å². The third kappa shape index (κ3) is 2.20. The van der Waals surface area contributed by atoms with Crippen molar-refractivity contribution in [3.63, 3.8) is 0 Å². The van der Waals surface area contributed by atoms with E-state index in [-0.39, 0.29) is 5.41 Å². The van der Waals surface area contributed by atoms with Crippen molar-refractivity contribution in [2.45, 2.75) is 43.9 Å². The van der Waals surface area contributed by atoms with Crippen LogP contribution in [0.5, 0.6) is 11.5 Å². The Bertz CT molecular complexity index is 617. The fourth-order valence-corrected chi connectivity index (χ4v) is 6.40. The molecule has 4 aliphatic carbocycles. The molecular weight excluding hydrogens is 312 g/mol. The zero-order valence-corrected chi connectivity index (χ0v) is 14.5. The Morgan fingerprint density at radius 1 is 1.04 bits per heavy atom. The highest BCUT2D eigenvalue weighted by Gasteiger charge is 2.53. The van der Waals surface area contributed by atoms with Gasteiger partial charge in [-0.25, -0.2) is 0 Å². The second-order valence-electron chi connectivity index (χ2n) is 7.70. The number of ether oxygens (including phenoxy) is 2. The largest absolute Gasteiger partial charge is 0.496 e. The van der Waals surface area contributed by atoms with E-state index >= 15 is 0 Å². The molecule has 5 rings (SSSR count). The highest BCUT2D eigenvalue weighted by atomic mass is 35.5. The van der Waals surface area contributed by atoms with Gasteiger partial charge < -0.3 is 9.47 Å². The minimum atomic E-state index is 0.0845. The predicted molar refractivity (Wildman–Crippen MR) is 89.8 cm³/mol. The van der Waals surface area contributed by atoms with Gasteiger partial charge in [0.05, 0.1) is 24.8 Å². The molecule has 4 aliphatic rings. The summed E-state index contributed by atoms with van der Waals surface area (Å²) in [6, 6.07) is 1.84. The number of hydrogen-bond donors (Lipinski definition) is 0. The molecule has 4 bridgehead atoms. The van der Waals surface area contributed by atoms with Crippen LogP contribution in [-0.2, 0) is 5.41 Å². The van der Waals surface area contributed by atoms with E-state index in [1.165, 1.54) is 38.5 Å². The molecule has 0 atom stereocenters. The zero-order chi connectivity index (χ0) is 16.2. The van der Waals surface area contributed by atoms with Crippen molar-refractivity contribution in [2.24, 2.45) is 17.8 Å². The van der Waals surface area contributed by atoms with Crippen molar-refractivity contribution < 1.29 is 14.3 Å². The Labute approximate surface area is 142 Å². The van der Waals surface area contributed by atoms with Crippen LogP contribution in [0.3, 0.4) is 0 Å². The van der Waals surface area contributed by atoms with Crippen molar-refractivity contribution in [2.75, 3.05) is 14.2 Å². The monoisotopic (exact) mass is 334 g/mol. The Balaban J connectivity index is 1.89. The molecule has 23 heavy (non-hydrogen) atoms. The molecular formula is C19H23ClO3. The van der Waals surface area contributed by atoms with Gasteiger partial charge in [-0.15, -0.1) is 0 Å². The number of methoxy groups -OCH3 is 2. The third-order valence-electron chi connectivity index (χ3n) is 6.36. The summed E-state index contributed by atoms with van der Waals surface area (Å²) in [5.74, 6) is 3.70. The van der Waals surface area contributed by atoms with Crippen molar-refractivity contribution in [1.82, 2.24) is 0 Å². The van der Waals surface area contributed by atoms with E-state index in [1.807, 2.05) is 6.07 Å². The van der Waals surface area contributed by atoms with Crippen LogP contribution in [-0.4, -0.2) is 20.5 Å². The molecule has 0 aromatic heterocycles. The highest BCUT2D eigenvalue weighted by molar-refractivity contribution is 6.34. The average molecular weight is 335 g/mol. The standard InChI is InChI=1S/C19H23ClO3/c1-22-15-6-16(23-2)17(18(20)14(15)10-21)19-7-11-3-12(8-19)5-13(4-11)9-19/h6,10-13H,3-5,7-9H2,1-2H3. The lowest BCUT2D eigenvalue weighted by atomic mass is 9.48. The minimum absolute atomic E-state index is 0.0845. The van der Waals surface area contributed by atoms with Crippen LogP contribution >= 0.6 is 11.6 Å². The summed E-state index contributed by atoms with van der Waals surface area (Å²) in [4.78, 5) is 11.6. The van der Waals surface area contributed by atoms with E-state index in [4.69, 9.17) is 21.1 Å². The number of rotatable bonds is 4. The summed E-state index contributed by atoms with van der Waals surface area (Å²) in [6.07, 6.45) is 8.46. The van der Waals surface area contributed by atoms with Crippen LogP contribution in [0.2, 0.25) is 5.02 Å². The first kappa shape index (κ1) is 15.3. The number of benzene rings is 1. The summed E-state index contributed by atoms with van der Waals surface area (Å²) >= 11 is 6.72. The normalized spacial score (nSPS) is 34.5. The fraction of sp³-hybridized carbons (Fsp3) is 0.632. The second-order valence-corrected chi connectivity index (χ2v) is 8.08. The quantitative estimate of drug-likeness (QED) is 0.753. The van der Waals surface area contributed by atoms with Crippen LogP contribution in [0.1, 0.15) is 54.4 Å². The maximum atomic E-state index is 11.6. The number of halogens is 1. The first-order valence-corrected chi connectivity index (χ1v) is 8.88. The molecule has 0 unspecified atom stereocenters. The second kappa shape index (κ2) is 5.41. The van der Waals surface area contributed by atoms with Gasteiger partial charge in [-0.3, -0.25) is 4.79 Å². The first-order valence-electron chi connectivity index (χ1n) is 8.50. The Kier molecular flexibility index (Phi) is 3.60. The SMILES string of the molecule is COc1cc(OC)c(C23CC4CC(CC(C4)C2)C3)c(Cl)c1C=O. The van der Waals surface area contributed by atoms with Gasteiger partial charge in [-0.05, 0) is 56.3 Å². The van der Waals surface area contributed by atoms with Crippen molar-refractivity contribution in [3.8, 4) is 11.5 Å². The molecule has 0 aliphatic heterocycles. The van der Waals surface area contributed by atoms with Gasteiger partial charge in [0.1, 0.15) is 11.5 Å². The number of aldehydes is 1. The van der Waals surface area contributed by atoms with Gasteiger partial charge in [-0.2, -0.15) is 0 Å². The molecule has 0 spiro atoms. The van der Waals surface area contributed by atoms with E-state index in [0.717, 1.165) is 35.4 Å². The molecule has 0 saturated heterocycles. The molecule has 4 saturated carbocycles. The molecule has 1 aromatic rings. The van der Waals surface area contributed by atoms with E-state index < -0.39 is 0 Å². The van der Waals surface area contributed by atoms with E-state index in [9.17, 15) is 4.79 Å². The van der Waals surface area contributed by atoms with Gasteiger partial charge in [0, 0.05) is 17.0 Å². The zero-order valence-electron chi connectivity index (χ0n) is 13.7. The summed E-state index contributed by atoms with van der Waals surface area (Å²) in [6.45, 7) is 0. The Morgan fingerprint density at radius 2 is 1.57 bits per heavy atom. The van der Waals surface area contributed by atoms with Crippen LogP contribution in [0.25, 0.3) is 0 Å². The number of carbonyl (C=O) groups excluding carboxylic acids is 1. The van der Waals surface area contributed by atoms with E-state index in [2.05, 4.69) is 0 Å². The molecule has 4 fully saturated rings. The summed E-state index contributed by atoms with van der Waals surface area (Å²) in [7, 11) is 3.23.